The minimum absolute atomic E-state index is 0.737. The predicted molar refractivity (Wildman–Crippen MR) is 77.0 cm³/mol. The van der Waals surface area contributed by atoms with Crippen LogP contribution in [0.5, 0.6) is 5.88 Å². The number of hydrogen-bond acceptors (Lipinski definition) is 5. The number of aromatic nitrogens is 2. The van der Waals surface area contributed by atoms with Crippen LogP contribution < -0.4 is 10.1 Å². The van der Waals surface area contributed by atoms with Crippen molar-refractivity contribution in [2.45, 2.75) is 19.4 Å². The van der Waals surface area contributed by atoms with Crippen LogP contribution >= 0.6 is 11.3 Å². The fraction of sp³-hybridized carbons (Fsp3) is 0.615. The number of likely N-dealkylation sites (tertiary alicyclic amines) is 1. The third-order valence-electron chi connectivity index (χ3n) is 3.61. The lowest BCUT2D eigenvalue weighted by atomic mass is 10.4. The molecular weight excluding hydrogens is 260 g/mol. The summed E-state index contributed by atoms with van der Waals surface area (Å²) in [5.74, 6) is 0.737. The van der Waals surface area contributed by atoms with Gasteiger partial charge in [0.15, 0.2) is 4.96 Å². The highest BCUT2D eigenvalue weighted by atomic mass is 32.1. The molecule has 0 spiro atoms. The van der Waals surface area contributed by atoms with Gasteiger partial charge < -0.3 is 15.0 Å². The molecule has 104 valence electrons. The summed E-state index contributed by atoms with van der Waals surface area (Å²) < 4.78 is 7.45. The molecule has 0 saturated carbocycles. The summed E-state index contributed by atoms with van der Waals surface area (Å²) >= 11 is 1.63. The third kappa shape index (κ3) is 2.75. The van der Waals surface area contributed by atoms with Gasteiger partial charge in [-0.3, -0.25) is 4.40 Å². The molecule has 5 nitrogen and oxygen atoms in total. The quantitative estimate of drug-likeness (QED) is 0.816. The van der Waals surface area contributed by atoms with Crippen molar-refractivity contribution in [3.05, 3.63) is 17.3 Å². The zero-order chi connectivity index (χ0) is 13.1. The Morgan fingerprint density at radius 2 is 2.26 bits per heavy atom. The van der Waals surface area contributed by atoms with Crippen LogP contribution in [0, 0.1) is 0 Å². The van der Waals surface area contributed by atoms with Gasteiger partial charge in [-0.25, -0.2) is 0 Å². The fourth-order valence-electron chi connectivity index (χ4n) is 2.59. The third-order valence-corrected chi connectivity index (χ3v) is 4.37. The summed E-state index contributed by atoms with van der Waals surface area (Å²) in [5.41, 5.74) is 1.11. The van der Waals surface area contributed by atoms with Gasteiger partial charge in [-0.15, -0.1) is 11.3 Å². The van der Waals surface area contributed by atoms with Gasteiger partial charge >= 0.3 is 0 Å². The van der Waals surface area contributed by atoms with Gasteiger partial charge in [0.25, 0.3) is 0 Å². The Balaban J connectivity index is 1.56. The van der Waals surface area contributed by atoms with E-state index < -0.39 is 0 Å². The minimum Gasteiger partial charge on any atom is -0.480 e. The Kier molecular flexibility index (Phi) is 4.00. The Labute approximate surface area is 117 Å². The first kappa shape index (κ1) is 12.9. The highest BCUT2D eigenvalue weighted by Gasteiger charge is 2.14. The molecule has 0 atom stereocenters. The largest absolute Gasteiger partial charge is 0.480 e. The molecule has 2 aromatic heterocycles. The minimum atomic E-state index is 0.737. The van der Waals surface area contributed by atoms with Crippen molar-refractivity contribution in [2.75, 3.05) is 33.3 Å². The molecule has 0 unspecified atom stereocenters. The second kappa shape index (κ2) is 5.90. The van der Waals surface area contributed by atoms with Crippen LogP contribution in [0.3, 0.4) is 0 Å². The Morgan fingerprint density at radius 1 is 1.42 bits per heavy atom. The number of ether oxygens (including phenoxy) is 1. The highest BCUT2D eigenvalue weighted by molar-refractivity contribution is 7.15. The Morgan fingerprint density at radius 3 is 3.05 bits per heavy atom. The Bertz CT molecular complexity index is 530. The number of rotatable bonds is 6. The van der Waals surface area contributed by atoms with E-state index >= 15 is 0 Å². The first-order valence-electron chi connectivity index (χ1n) is 6.80. The number of methoxy groups -OCH3 is 1. The molecule has 0 aliphatic carbocycles. The normalized spacial score (nSPS) is 16.5. The van der Waals surface area contributed by atoms with E-state index in [0.29, 0.717) is 0 Å². The van der Waals surface area contributed by atoms with E-state index in [4.69, 9.17) is 4.74 Å². The second-order valence-electron chi connectivity index (χ2n) is 4.85. The molecule has 3 rings (SSSR count). The average molecular weight is 280 g/mol. The van der Waals surface area contributed by atoms with Crippen LogP contribution in [0.2, 0.25) is 0 Å². The first-order chi connectivity index (χ1) is 9.38. The predicted octanol–water partition coefficient (Wildman–Crippen LogP) is 1.59. The molecule has 3 heterocycles. The molecular formula is C13H20N4OS. The summed E-state index contributed by atoms with van der Waals surface area (Å²) in [6, 6.07) is 0. The number of thiazole rings is 1. The second-order valence-corrected chi connectivity index (χ2v) is 5.72. The van der Waals surface area contributed by atoms with Crippen LogP contribution in [-0.2, 0) is 6.54 Å². The van der Waals surface area contributed by atoms with Gasteiger partial charge in [-0.2, -0.15) is 4.98 Å². The summed E-state index contributed by atoms with van der Waals surface area (Å²) in [6.45, 7) is 5.46. The zero-order valence-corrected chi connectivity index (χ0v) is 12.1. The van der Waals surface area contributed by atoms with Crippen LogP contribution in [0.1, 0.15) is 18.5 Å². The average Bonchev–Trinajstić information content (AvgIpc) is 3.12. The van der Waals surface area contributed by atoms with Crippen molar-refractivity contribution in [1.29, 1.82) is 0 Å². The van der Waals surface area contributed by atoms with Gasteiger partial charge in [0.05, 0.1) is 7.11 Å². The molecule has 1 saturated heterocycles. The number of nitrogens with zero attached hydrogens (tertiary/aromatic N) is 3. The van der Waals surface area contributed by atoms with Gasteiger partial charge in [0.2, 0.25) is 5.88 Å². The van der Waals surface area contributed by atoms with Crippen LogP contribution in [-0.4, -0.2) is 47.6 Å². The molecule has 0 amide bonds. The number of nitrogens with one attached hydrogen (secondary N) is 1. The summed E-state index contributed by atoms with van der Waals surface area (Å²) in [7, 11) is 1.68. The summed E-state index contributed by atoms with van der Waals surface area (Å²) in [6.07, 6.45) is 4.75. The van der Waals surface area contributed by atoms with Crippen molar-refractivity contribution in [3.8, 4) is 5.88 Å². The molecule has 0 bridgehead atoms. The summed E-state index contributed by atoms with van der Waals surface area (Å²) in [5, 5.41) is 5.54. The van der Waals surface area contributed by atoms with Crippen LogP contribution in [0.15, 0.2) is 11.6 Å². The van der Waals surface area contributed by atoms with E-state index in [9.17, 15) is 0 Å². The first-order valence-corrected chi connectivity index (χ1v) is 7.68. The van der Waals surface area contributed by atoms with Crippen molar-refractivity contribution >= 4 is 16.3 Å². The number of fused-ring (bicyclic) bond motifs is 1. The summed E-state index contributed by atoms with van der Waals surface area (Å²) in [4.78, 5) is 7.96. The van der Waals surface area contributed by atoms with Crippen molar-refractivity contribution in [2.24, 2.45) is 0 Å². The van der Waals surface area contributed by atoms with E-state index in [2.05, 4.69) is 25.0 Å². The lowest BCUT2D eigenvalue weighted by molar-refractivity contribution is 0.334. The SMILES string of the molecule is COc1nc2sccn2c1CNCCN1CCCC1. The number of hydrogen-bond donors (Lipinski definition) is 1. The van der Waals surface area contributed by atoms with E-state index in [1.54, 1.807) is 18.4 Å². The highest BCUT2D eigenvalue weighted by Crippen LogP contribution is 2.22. The maximum absolute atomic E-state index is 5.34. The smallest absolute Gasteiger partial charge is 0.237 e. The maximum Gasteiger partial charge on any atom is 0.237 e. The van der Waals surface area contributed by atoms with E-state index in [1.807, 2.05) is 6.20 Å². The van der Waals surface area contributed by atoms with Gasteiger partial charge in [0, 0.05) is 31.2 Å². The molecule has 19 heavy (non-hydrogen) atoms. The van der Waals surface area contributed by atoms with Gasteiger partial charge in [-0.05, 0) is 25.9 Å². The molecule has 0 aromatic carbocycles. The zero-order valence-electron chi connectivity index (χ0n) is 11.3. The topological polar surface area (TPSA) is 41.8 Å². The lowest BCUT2D eigenvalue weighted by Gasteiger charge is -2.14. The molecule has 1 aliphatic heterocycles. The molecule has 6 heteroatoms. The van der Waals surface area contributed by atoms with Gasteiger partial charge in [0.1, 0.15) is 5.69 Å². The molecule has 0 radical (unpaired) electrons. The van der Waals surface area contributed by atoms with Crippen LogP contribution in [0.4, 0.5) is 0 Å². The lowest BCUT2D eigenvalue weighted by Crippen LogP contribution is -2.30. The maximum atomic E-state index is 5.34. The molecule has 1 aliphatic rings. The van der Waals surface area contributed by atoms with E-state index in [-0.39, 0.29) is 0 Å². The molecule has 1 N–H and O–H groups in total. The Hall–Kier alpha value is -1.11. The van der Waals surface area contributed by atoms with Crippen molar-refractivity contribution < 1.29 is 4.74 Å². The standard InChI is InChI=1S/C13H20N4OS/c1-18-12-11(17-8-9-19-13(17)15-12)10-14-4-7-16-5-2-3-6-16/h8-9,14H,2-7,10H2,1H3. The van der Waals surface area contributed by atoms with E-state index in [1.165, 1.54) is 25.9 Å². The molecule has 1 fully saturated rings. The van der Waals surface area contributed by atoms with Crippen molar-refractivity contribution in [3.63, 3.8) is 0 Å². The molecule has 2 aromatic rings. The van der Waals surface area contributed by atoms with Crippen LogP contribution in [0.25, 0.3) is 4.96 Å². The monoisotopic (exact) mass is 280 g/mol. The van der Waals surface area contributed by atoms with E-state index in [0.717, 1.165) is 36.2 Å². The van der Waals surface area contributed by atoms with Gasteiger partial charge in [-0.1, -0.05) is 0 Å². The van der Waals surface area contributed by atoms with Crippen molar-refractivity contribution in [1.82, 2.24) is 19.6 Å². The fourth-order valence-corrected chi connectivity index (χ4v) is 3.31. The number of imidazole rings is 1.